The van der Waals surface area contributed by atoms with Crippen molar-refractivity contribution in [2.24, 2.45) is 4.99 Å². The Hall–Kier alpha value is -2.69. The molecule has 0 spiro atoms. The Morgan fingerprint density at radius 1 is 1.22 bits per heavy atom. The summed E-state index contributed by atoms with van der Waals surface area (Å²) in [6, 6.07) is 7.09. The Balaban J connectivity index is 1.95. The Bertz CT molecular complexity index is 628. The molecule has 18 heavy (non-hydrogen) atoms. The van der Waals surface area contributed by atoms with Crippen LogP contribution in [-0.2, 0) is 4.79 Å². The molecule has 0 radical (unpaired) electrons. The van der Waals surface area contributed by atoms with Gasteiger partial charge in [0.2, 0.25) is 0 Å². The quantitative estimate of drug-likeness (QED) is 0.809. The lowest BCUT2D eigenvalue weighted by molar-refractivity contribution is -0.115. The summed E-state index contributed by atoms with van der Waals surface area (Å²) in [6.45, 7) is 0. The molecule has 3 heterocycles. The van der Waals surface area contributed by atoms with Crippen molar-refractivity contribution in [1.82, 2.24) is 10.3 Å². The van der Waals surface area contributed by atoms with Gasteiger partial charge in [-0.2, -0.15) is 0 Å². The topological polar surface area (TPSA) is 67.5 Å². The van der Waals surface area contributed by atoms with Gasteiger partial charge in [-0.25, -0.2) is 4.99 Å². The third-order valence-corrected chi connectivity index (χ3v) is 2.47. The van der Waals surface area contributed by atoms with Gasteiger partial charge < -0.3 is 9.73 Å². The molecule has 0 unspecified atom stereocenters. The van der Waals surface area contributed by atoms with Crippen LogP contribution in [0.15, 0.2) is 58.0 Å². The van der Waals surface area contributed by atoms with Crippen LogP contribution in [0.5, 0.6) is 0 Å². The van der Waals surface area contributed by atoms with E-state index in [2.05, 4.69) is 15.3 Å². The van der Waals surface area contributed by atoms with Crippen molar-refractivity contribution in [2.75, 3.05) is 0 Å². The number of aromatic nitrogens is 1. The first-order valence-corrected chi connectivity index (χ1v) is 5.38. The molecule has 5 nitrogen and oxygen atoms in total. The molecule has 1 aliphatic heterocycles. The summed E-state index contributed by atoms with van der Waals surface area (Å²) in [7, 11) is 0. The molecule has 0 aliphatic carbocycles. The highest BCUT2D eigenvalue weighted by Gasteiger charge is 2.21. The third kappa shape index (κ3) is 1.93. The van der Waals surface area contributed by atoms with E-state index >= 15 is 0 Å². The normalized spacial score (nSPS) is 16.8. The van der Waals surface area contributed by atoms with E-state index in [9.17, 15) is 4.79 Å². The van der Waals surface area contributed by atoms with Crippen LogP contribution < -0.4 is 5.32 Å². The summed E-state index contributed by atoms with van der Waals surface area (Å²) in [5, 5.41) is 2.71. The summed E-state index contributed by atoms with van der Waals surface area (Å²) < 4.78 is 5.15. The number of furan rings is 1. The fourth-order valence-corrected chi connectivity index (χ4v) is 1.62. The first-order chi connectivity index (χ1) is 8.83. The number of hydrogen-bond acceptors (Lipinski definition) is 4. The molecule has 0 saturated carbocycles. The lowest BCUT2D eigenvalue weighted by atomic mass is 10.2. The van der Waals surface area contributed by atoms with Gasteiger partial charge in [-0.05, 0) is 24.3 Å². The Kier molecular flexibility index (Phi) is 2.49. The van der Waals surface area contributed by atoms with Gasteiger partial charge in [0.15, 0.2) is 0 Å². The summed E-state index contributed by atoms with van der Waals surface area (Å²) >= 11 is 0. The highest BCUT2D eigenvalue weighted by Crippen LogP contribution is 2.14. The highest BCUT2D eigenvalue weighted by molar-refractivity contribution is 6.19. The predicted octanol–water partition coefficient (Wildman–Crippen LogP) is 1.59. The van der Waals surface area contributed by atoms with Gasteiger partial charge in [-0.15, -0.1) is 0 Å². The molecule has 0 fully saturated rings. The number of nitrogens with one attached hydrogen (secondary N) is 1. The van der Waals surface area contributed by atoms with E-state index in [0.717, 1.165) is 5.56 Å². The first-order valence-electron chi connectivity index (χ1n) is 5.38. The number of nitrogens with zero attached hydrogens (tertiary/aromatic N) is 2. The average molecular weight is 239 g/mol. The summed E-state index contributed by atoms with van der Waals surface area (Å²) in [4.78, 5) is 19.9. The largest absolute Gasteiger partial charge is 0.465 e. The summed E-state index contributed by atoms with van der Waals surface area (Å²) in [6.07, 6.45) is 6.45. The Labute approximate surface area is 103 Å². The van der Waals surface area contributed by atoms with Gasteiger partial charge in [-0.1, -0.05) is 0 Å². The molecule has 2 aromatic heterocycles. The van der Waals surface area contributed by atoms with Crippen molar-refractivity contribution in [2.45, 2.75) is 0 Å². The van der Waals surface area contributed by atoms with E-state index in [4.69, 9.17) is 4.42 Å². The Morgan fingerprint density at radius 3 is 2.78 bits per heavy atom. The zero-order chi connectivity index (χ0) is 12.4. The van der Waals surface area contributed by atoms with Crippen LogP contribution in [0.4, 0.5) is 0 Å². The second-order valence-corrected chi connectivity index (χ2v) is 3.70. The molecule has 88 valence electrons. The van der Waals surface area contributed by atoms with Crippen LogP contribution in [0.2, 0.25) is 0 Å². The summed E-state index contributed by atoms with van der Waals surface area (Å²) in [5.41, 5.74) is 1.15. The lowest BCUT2D eigenvalue weighted by Crippen LogP contribution is -2.24. The molecule has 0 saturated heterocycles. The first kappa shape index (κ1) is 10.5. The van der Waals surface area contributed by atoms with Crippen LogP contribution in [0.1, 0.15) is 11.3 Å². The molecule has 1 N–H and O–H groups in total. The minimum absolute atomic E-state index is 0.238. The molecule has 5 heteroatoms. The number of rotatable bonds is 2. The second kappa shape index (κ2) is 4.29. The van der Waals surface area contributed by atoms with E-state index in [1.165, 1.54) is 0 Å². The lowest BCUT2D eigenvalue weighted by Gasteiger charge is -1.97. The van der Waals surface area contributed by atoms with Crippen molar-refractivity contribution in [1.29, 1.82) is 0 Å². The number of carbonyl (C=O) groups excluding carboxylic acids is 1. The number of carbonyl (C=O) groups is 1. The number of aliphatic imine (C=N–C) groups is 1. The van der Waals surface area contributed by atoms with E-state index in [1.54, 1.807) is 49.0 Å². The monoisotopic (exact) mass is 239 g/mol. The van der Waals surface area contributed by atoms with Crippen molar-refractivity contribution in [3.05, 3.63) is 59.9 Å². The molecule has 1 aliphatic rings. The number of amides is 1. The van der Waals surface area contributed by atoms with Gasteiger partial charge in [-0.3, -0.25) is 9.78 Å². The van der Waals surface area contributed by atoms with Crippen LogP contribution in [0.3, 0.4) is 0 Å². The maximum absolute atomic E-state index is 11.7. The molecule has 0 aromatic carbocycles. The van der Waals surface area contributed by atoms with Crippen LogP contribution in [-0.4, -0.2) is 16.7 Å². The molecule has 1 amide bonds. The summed E-state index contributed by atoms with van der Waals surface area (Å²) in [5.74, 6) is 0.887. The van der Waals surface area contributed by atoms with Gasteiger partial charge in [0.25, 0.3) is 5.91 Å². The predicted molar refractivity (Wildman–Crippen MR) is 65.6 cm³/mol. The van der Waals surface area contributed by atoms with Crippen molar-refractivity contribution in [3.8, 4) is 0 Å². The fourth-order valence-electron chi connectivity index (χ4n) is 1.62. The molecular weight excluding hydrogens is 230 g/mol. The minimum Gasteiger partial charge on any atom is -0.465 e. The molecule has 2 aromatic rings. The van der Waals surface area contributed by atoms with Crippen LogP contribution in [0, 0.1) is 0 Å². The average Bonchev–Trinajstić information content (AvgIpc) is 3.02. The molecule has 0 bridgehead atoms. The maximum atomic E-state index is 11.7. The fraction of sp³-hybridized carbons (Fsp3) is 0. The smallest absolute Gasteiger partial charge is 0.275 e. The van der Waals surface area contributed by atoms with Crippen molar-refractivity contribution < 1.29 is 9.21 Å². The van der Waals surface area contributed by atoms with Gasteiger partial charge >= 0.3 is 0 Å². The standard InChI is InChI=1S/C13H9N3O2/c17-13-11(8-10-2-1-7-18-10)15-12(16-13)9-3-5-14-6-4-9/h1-8H,(H,15,16,17)/b11-8+. The highest BCUT2D eigenvalue weighted by atomic mass is 16.3. The molecule has 3 rings (SSSR count). The maximum Gasteiger partial charge on any atom is 0.275 e. The SMILES string of the molecule is O=C1NC(c2ccncc2)=N/C1=C/c1ccco1. The molecular formula is C13H9N3O2. The Morgan fingerprint density at radius 2 is 2.06 bits per heavy atom. The molecule has 0 atom stereocenters. The minimum atomic E-state index is -0.238. The van der Waals surface area contributed by atoms with Gasteiger partial charge in [0, 0.05) is 24.0 Å². The van der Waals surface area contributed by atoms with Crippen LogP contribution in [0.25, 0.3) is 6.08 Å². The van der Waals surface area contributed by atoms with Crippen LogP contribution >= 0.6 is 0 Å². The van der Waals surface area contributed by atoms with E-state index in [-0.39, 0.29) is 5.91 Å². The van der Waals surface area contributed by atoms with E-state index in [1.807, 2.05) is 0 Å². The van der Waals surface area contributed by atoms with E-state index < -0.39 is 0 Å². The number of amidine groups is 1. The third-order valence-electron chi connectivity index (χ3n) is 2.47. The zero-order valence-electron chi connectivity index (χ0n) is 9.33. The van der Waals surface area contributed by atoms with Crippen molar-refractivity contribution >= 4 is 17.8 Å². The van der Waals surface area contributed by atoms with Crippen molar-refractivity contribution in [3.63, 3.8) is 0 Å². The van der Waals surface area contributed by atoms with E-state index in [0.29, 0.717) is 17.3 Å². The zero-order valence-corrected chi connectivity index (χ0v) is 9.33. The number of pyridine rings is 1. The van der Waals surface area contributed by atoms with Gasteiger partial charge in [0.05, 0.1) is 6.26 Å². The van der Waals surface area contributed by atoms with Gasteiger partial charge in [0.1, 0.15) is 17.3 Å². The second-order valence-electron chi connectivity index (χ2n) is 3.70. The number of hydrogen-bond donors (Lipinski definition) is 1.